The summed E-state index contributed by atoms with van der Waals surface area (Å²) in [5.41, 5.74) is 0.779. The molecule has 2 aromatic carbocycles. The minimum absolute atomic E-state index is 0.0677. The third kappa shape index (κ3) is 5.43. The van der Waals surface area contributed by atoms with Gasteiger partial charge in [0, 0.05) is 25.7 Å². The number of ether oxygens (including phenoxy) is 1. The molecule has 0 aliphatic rings. The molecular weight excluding hydrogens is 401 g/mol. The minimum atomic E-state index is -4.55. The van der Waals surface area contributed by atoms with Crippen LogP contribution < -0.4 is 10.1 Å². The van der Waals surface area contributed by atoms with E-state index in [1.807, 2.05) is 0 Å². The van der Waals surface area contributed by atoms with Gasteiger partial charge in [-0.15, -0.1) is 0 Å². The van der Waals surface area contributed by atoms with E-state index in [2.05, 4.69) is 5.32 Å². The van der Waals surface area contributed by atoms with Gasteiger partial charge in [0.1, 0.15) is 5.75 Å². The van der Waals surface area contributed by atoms with Gasteiger partial charge in [0.2, 0.25) is 0 Å². The zero-order chi connectivity index (χ0) is 22.5. The number of carboxylic acids is 1. The fourth-order valence-electron chi connectivity index (χ4n) is 3.10. The highest BCUT2D eigenvalue weighted by molar-refractivity contribution is 5.78. The van der Waals surface area contributed by atoms with Crippen LogP contribution in [0, 0.1) is 0 Å². The van der Waals surface area contributed by atoms with Crippen LogP contribution in [0.15, 0.2) is 36.4 Å². The number of carbonyl (C=O) groups excluding carboxylic acids is 1. The summed E-state index contributed by atoms with van der Waals surface area (Å²) in [6.07, 6.45) is -4.79. The average molecular weight is 424 g/mol. The van der Waals surface area contributed by atoms with E-state index < -0.39 is 23.7 Å². The summed E-state index contributed by atoms with van der Waals surface area (Å²) in [6.45, 7) is 1.93. The van der Waals surface area contributed by atoms with Crippen molar-refractivity contribution in [1.82, 2.24) is 10.2 Å². The van der Waals surface area contributed by atoms with Crippen molar-refractivity contribution in [2.45, 2.75) is 26.1 Å². The van der Waals surface area contributed by atoms with Crippen molar-refractivity contribution in [3.63, 3.8) is 0 Å². The Morgan fingerprint density at radius 2 is 1.83 bits per heavy atom. The molecule has 30 heavy (non-hydrogen) atoms. The van der Waals surface area contributed by atoms with Crippen LogP contribution in [0.25, 0.3) is 11.1 Å². The van der Waals surface area contributed by atoms with E-state index in [1.165, 1.54) is 25.1 Å². The van der Waals surface area contributed by atoms with Crippen LogP contribution in [0.3, 0.4) is 0 Å². The Morgan fingerprint density at radius 1 is 1.13 bits per heavy atom. The van der Waals surface area contributed by atoms with Crippen LogP contribution in [0.4, 0.5) is 18.0 Å². The topological polar surface area (TPSA) is 78.9 Å². The van der Waals surface area contributed by atoms with E-state index in [4.69, 9.17) is 9.84 Å². The number of carboxylic acid groups (broad SMARTS) is 1. The van der Waals surface area contributed by atoms with Crippen LogP contribution >= 0.6 is 0 Å². The van der Waals surface area contributed by atoms with Crippen LogP contribution in [0.1, 0.15) is 23.6 Å². The Labute approximate surface area is 172 Å². The Bertz CT molecular complexity index is 929. The molecule has 0 spiro atoms. The lowest BCUT2D eigenvalue weighted by Crippen LogP contribution is -2.37. The van der Waals surface area contributed by atoms with Gasteiger partial charge in [-0.2, -0.15) is 13.2 Å². The molecule has 0 atom stereocenters. The number of carbonyl (C=O) groups is 2. The monoisotopic (exact) mass is 424 g/mol. The zero-order valence-electron chi connectivity index (χ0n) is 16.8. The van der Waals surface area contributed by atoms with E-state index >= 15 is 0 Å². The Balaban J connectivity index is 2.66. The number of halogens is 3. The molecular formula is C21H23F3N2O4. The highest BCUT2D eigenvalue weighted by atomic mass is 19.4. The molecule has 0 aliphatic heterocycles. The largest absolute Gasteiger partial charge is 0.496 e. The van der Waals surface area contributed by atoms with Crippen LogP contribution in [0.2, 0.25) is 0 Å². The van der Waals surface area contributed by atoms with Gasteiger partial charge in [0.25, 0.3) is 0 Å². The van der Waals surface area contributed by atoms with Gasteiger partial charge in [0.05, 0.1) is 19.1 Å². The highest BCUT2D eigenvalue weighted by Crippen LogP contribution is 2.38. The van der Waals surface area contributed by atoms with Crippen molar-refractivity contribution < 1.29 is 32.6 Å². The lowest BCUT2D eigenvalue weighted by atomic mass is 9.94. The van der Waals surface area contributed by atoms with Gasteiger partial charge in [0.15, 0.2) is 0 Å². The fraction of sp³-hybridized carbons (Fsp3) is 0.333. The van der Waals surface area contributed by atoms with Crippen LogP contribution in [0.5, 0.6) is 5.75 Å². The standard InChI is InChI=1S/C21H23F3N2O4/c1-4-26(20(29)25-2)12-14-11-15(21(22,23)24)6-7-16(14)17-9-13(10-19(27)28)5-8-18(17)30-3/h5-9,11H,4,10,12H2,1-3H3,(H,25,29)(H,27,28). The highest BCUT2D eigenvalue weighted by Gasteiger charge is 2.31. The van der Waals surface area contributed by atoms with E-state index in [9.17, 15) is 22.8 Å². The molecule has 0 fully saturated rings. The van der Waals surface area contributed by atoms with E-state index in [0.29, 0.717) is 22.4 Å². The lowest BCUT2D eigenvalue weighted by molar-refractivity contribution is -0.138. The third-order valence-electron chi connectivity index (χ3n) is 4.59. The minimum Gasteiger partial charge on any atom is -0.496 e. The number of benzene rings is 2. The number of urea groups is 1. The number of nitrogens with one attached hydrogen (secondary N) is 1. The molecule has 2 N–H and O–H groups in total. The molecule has 0 unspecified atom stereocenters. The first-order valence-corrected chi connectivity index (χ1v) is 9.16. The number of hydrogen-bond donors (Lipinski definition) is 2. The molecule has 0 saturated carbocycles. The molecule has 0 saturated heterocycles. The van der Waals surface area contributed by atoms with E-state index in [-0.39, 0.29) is 25.1 Å². The summed E-state index contributed by atoms with van der Waals surface area (Å²) < 4.78 is 45.3. The average Bonchev–Trinajstić information content (AvgIpc) is 2.70. The molecule has 0 aromatic heterocycles. The summed E-state index contributed by atoms with van der Waals surface area (Å²) in [6, 6.07) is 7.59. The first-order chi connectivity index (χ1) is 14.1. The Kier molecular flexibility index (Phi) is 7.31. The lowest BCUT2D eigenvalue weighted by Gasteiger charge is -2.23. The maximum atomic E-state index is 13.3. The summed E-state index contributed by atoms with van der Waals surface area (Å²) in [5, 5.41) is 11.5. The number of methoxy groups -OCH3 is 1. The second kappa shape index (κ2) is 9.51. The molecule has 2 amide bonds. The molecule has 0 bridgehead atoms. The summed E-state index contributed by atoms with van der Waals surface area (Å²) >= 11 is 0. The van der Waals surface area contributed by atoms with Crippen molar-refractivity contribution in [3.05, 3.63) is 53.1 Å². The number of alkyl halides is 3. The molecule has 9 heteroatoms. The molecule has 0 aliphatic carbocycles. The van der Waals surface area contributed by atoms with Crippen LogP contribution in [-0.2, 0) is 23.9 Å². The van der Waals surface area contributed by atoms with Crippen LogP contribution in [-0.4, -0.2) is 42.7 Å². The molecule has 2 rings (SSSR count). The van der Waals surface area contributed by atoms with Crippen molar-refractivity contribution in [3.8, 4) is 16.9 Å². The number of aliphatic carboxylic acids is 1. The SMILES string of the molecule is CCN(Cc1cc(C(F)(F)F)ccc1-c1cc(CC(=O)O)ccc1OC)C(=O)NC. The van der Waals surface area contributed by atoms with Crippen molar-refractivity contribution >= 4 is 12.0 Å². The zero-order valence-corrected chi connectivity index (χ0v) is 16.8. The maximum Gasteiger partial charge on any atom is 0.416 e. The predicted molar refractivity (Wildman–Crippen MR) is 105 cm³/mol. The number of amides is 2. The number of rotatable bonds is 7. The van der Waals surface area contributed by atoms with Gasteiger partial charge >= 0.3 is 18.2 Å². The number of nitrogens with zero attached hydrogens (tertiary/aromatic N) is 1. The first kappa shape index (κ1) is 23.1. The summed E-state index contributed by atoms with van der Waals surface area (Å²) in [7, 11) is 2.86. The summed E-state index contributed by atoms with van der Waals surface area (Å²) in [5.74, 6) is -0.649. The third-order valence-corrected chi connectivity index (χ3v) is 4.59. The van der Waals surface area contributed by atoms with Crippen molar-refractivity contribution in [1.29, 1.82) is 0 Å². The second-order valence-electron chi connectivity index (χ2n) is 6.54. The van der Waals surface area contributed by atoms with E-state index in [0.717, 1.165) is 12.1 Å². The Morgan fingerprint density at radius 3 is 2.37 bits per heavy atom. The van der Waals surface area contributed by atoms with E-state index in [1.54, 1.807) is 25.1 Å². The molecule has 0 heterocycles. The van der Waals surface area contributed by atoms with Gasteiger partial charge in [-0.1, -0.05) is 12.1 Å². The van der Waals surface area contributed by atoms with Gasteiger partial charge in [-0.25, -0.2) is 4.79 Å². The number of hydrogen-bond acceptors (Lipinski definition) is 3. The molecule has 2 aromatic rings. The van der Waals surface area contributed by atoms with Crippen molar-refractivity contribution in [2.24, 2.45) is 0 Å². The summed E-state index contributed by atoms with van der Waals surface area (Å²) in [4.78, 5) is 24.5. The predicted octanol–water partition coefficient (Wildman–Crippen LogP) is 4.17. The van der Waals surface area contributed by atoms with Gasteiger partial charge in [-0.3, -0.25) is 4.79 Å². The smallest absolute Gasteiger partial charge is 0.416 e. The molecule has 6 nitrogen and oxygen atoms in total. The van der Waals surface area contributed by atoms with Crippen molar-refractivity contribution in [2.75, 3.05) is 20.7 Å². The molecule has 162 valence electrons. The van der Waals surface area contributed by atoms with Gasteiger partial charge < -0.3 is 20.1 Å². The molecule has 0 radical (unpaired) electrons. The first-order valence-electron chi connectivity index (χ1n) is 9.16. The normalized spacial score (nSPS) is 11.1. The fourth-order valence-corrected chi connectivity index (χ4v) is 3.10. The van der Waals surface area contributed by atoms with Gasteiger partial charge in [-0.05, 0) is 47.9 Å². The Hall–Kier alpha value is -3.23. The second-order valence-corrected chi connectivity index (χ2v) is 6.54. The maximum absolute atomic E-state index is 13.3. The quantitative estimate of drug-likeness (QED) is 0.699.